The fourth-order valence-electron chi connectivity index (χ4n) is 4.11. The molecule has 2 heterocycles. The highest BCUT2D eigenvalue weighted by Crippen LogP contribution is 2.39. The van der Waals surface area contributed by atoms with Crippen LogP contribution in [0.5, 0.6) is 0 Å². The van der Waals surface area contributed by atoms with E-state index in [-0.39, 0.29) is 0 Å². The Labute approximate surface area is 214 Å². The number of hydrogen-bond acceptors (Lipinski definition) is 4. The van der Waals surface area contributed by atoms with Crippen LogP contribution in [0.4, 0.5) is 39.5 Å². The van der Waals surface area contributed by atoms with E-state index >= 15 is 0 Å². The molecule has 0 spiro atoms. The molecular weight excluding hydrogens is 500 g/mol. The van der Waals surface area contributed by atoms with Crippen molar-refractivity contribution in [2.45, 2.75) is 13.1 Å². The number of anilines is 3. The van der Waals surface area contributed by atoms with Crippen molar-refractivity contribution >= 4 is 34.2 Å². The van der Waals surface area contributed by atoms with E-state index in [1.165, 1.54) is 0 Å². The second kappa shape index (κ2) is 9.55. The number of nitrogens with one attached hydrogen (secondary N) is 2. The van der Waals surface area contributed by atoms with Gasteiger partial charge in [0.15, 0.2) is 0 Å². The fourth-order valence-corrected chi connectivity index (χ4v) is 4.11. The molecule has 5 rings (SSSR count). The van der Waals surface area contributed by atoms with Crippen molar-refractivity contribution in [2.24, 2.45) is 0 Å². The van der Waals surface area contributed by atoms with Gasteiger partial charge < -0.3 is 20.8 Å². The number of urea groups is 1. The van der Waals surface area contributed by atoms with Gasteiger partial charge in [-0.1, -0.05) is 42.0 Å². The summed E-state index contributed by atoms with van der Waals surface area (Å²) in [5.41, 5.74) is 9.68. The third-order valence-corrected chi connectivity index (χ3v) is 5.95. The van der Waals surface area contributed by atoms with Crippen molar-refractivity contribution in [3.8, 4) is 22.3 Å². The van der Waals surface area contributed by atoms with Crippen molar-refractivity contribution in [1.29, 1.82) is 0 Å². The predicted octanol–water partition coefficient (Wildman–Crippen LogP) is 7.85. The SMILES string of the molecule is Cc1cccc(-c2cnc(N)c3c(-c4ccc(NC(=O)Nc5cc(C(F)(F)F)ccc5F)cc4)coc23)c1. The van der Waals surface area contributed by atoms with Crippen molar-refractivity contribution in [1.82, 2.24) is 4.98 Å². The maximum atomic E-state index is 13.9. The minimum Gasteiger partial charge on any atom is -0.463 e. The Balaban J connectivity index is 1.38. The number of pyridine rings is 1. The summed E-state index contributed by atoms with van der Waals surface area (Å²) in [6.07, 6.45) is -1.43. The topological polar surface area (TPSA) is 93.2 Å². The molecule has 192 valence electrons. The third kappa shape index (κ3) is 4.88. The minimum atomic E-state index is -4.67. The Bertz CT molecular complexity index is 1660. The monoisotopic (exact) mass is 520 g/mol. The zero-order valence-corrected chi connectivity index (χ0v) is 19.9. The summed E-state index contributed by atoms with van der Waals surface area (Å²) in [6.45, 7) is 1.99. The van der Waals surface area contributed by atoms with Crippen LogP contribution in [-0.4, -0.2) is 11.0 Å². The molecule has 0 aliphatic carbocycles. The highest BCUT2D eigenvalue weighted by molar-refractivity contribution is 6.06. The molecule has 0 fully saturated rings. The van der Waals surface area contributed by atoms with E-state index in [0.29, 0.717) is 46.2 Å². The molecule has 2 amide bonds. The van der Waals surface area contributed by atoms with Crippen LogP contribution in [0.1, 0.15) is 11.1 Å². The lowest BCUT2D eigenvalue weighted by atomic mass is 10.0. The maximum absolute atomic E-state index is 13.9. The summed E-state index contributed by atoms with van der Waals surface area (Å²) in [6, 6.07) is 15.4. The zero-order valence-electron chi connectivity index (χ0n) is 19.9. The van der Waals surface area contributed by atoms with Crippen LogP contribution in [0.15, 0.2) is 83.6 Å². The van der Waals surface area contributed by atoms with Crippen molar-refractivity contribution in [3.05, 3.63) is 96.1 Å². The summed E-state index contributed by atoms with van der Waals surface area (Å²) in [4.78, 5) is 16.7. The number of furan rings is 1. The first-order valence-corrected chi connectivity index (χ1v) is 11.4. The first-order valence-electron chi connectivity index (χ1n) is 11.4. The molecule has 10 heteroatoms. The maximum Gasteiger partial charge on any atom is 0.416 e. The molecular formula is C28H20F4N4O2. The molecule has 0 saturated carbocycles. The number of halogens is 4. The van der Waals surface area contributed by atoms with Crippen molar-refractivity contribution in [3.63, 3.8) is 0 Å². The highest BCUT2D eigenvalue weighted by Gasteiger charge is 2.31. The van der Waals surface area contributed by atoms with Crippen LogP contribution in [0.25, 0.3) is 33.2 Å². The summed E-state index contributed by atoms with van der Waals surface area (Å²) in [5, 5.41) is 5.22. The van der Waals surface area contributed by atoms with Gasteiger partial charge in [0.2, 0.25) is 0 Å². The second-order valence-electron chi connectivity index (χ2n) is 8.63. The van der Waals surface area contributed by atoms with Gasteiger partial charge in [-0.05, 0) is 48.4 Å². The van der Waals surface area contributed by atoms with Gasteiger partial charge in [-0.15, -0.1) is 0 Å². The Morgan fingerprint density at radius 3 is 2.42 bits per heavy atom. The summed E-state index contributed by atoms with van der Waals surface area (Å²) < 4.78 is 58.6. The van der Waals surface area contributed by atoms with Crippen LogP contribution < -0.4 is 16.4 Å². The minimum absolute atomic E-state index is 0.296. The molecule has 0 bridgehead atoms. The van der Waals surface area contributed by atoms with Gasteiger partial charge >= 0.3 is 12.2 Å². The standard InChI is InChI=1S/C28H20F4N4O2/c1-15-3-2-4-17(11-15)20-13-34-26(33)24-21(14-38-25(20)24)16-5-8-19(9-6-16)35-27(37)36-23-12-18(28(30,31)32)7-10-22(23)29/h2-14H,1H3,(H2,33,34)(H2,35,36,37). The molecule has 5 aromatic rings. The summed E-state index contributed by atoms with van der Waals surface area (Å²) >= 11 is 0. The van der Waals surface area contributed by atoms with Gasteiger partial charge in [0, 0.05) is 23.0 Å². The van der Waals surface area contributed by atoms with Gasteiger partial charge in [0.1, 0.15) is 17.2 Å². The van der Waals surface area contributed by atoms with Crippen molar-refractivity contribution in [2.75, 3.05) is 16.4 Å². The number of fused-ring (bicyclic) bond motifs is 1. The number of alkyl halides is 3. The van der Waals surface area contributed by atoms with E-state index < -0.39 is 29.3 Å². The number of nitrogens with two attached hydrogens (primary N) is 1. The van der Waals surface area contributed by atoms with E-state index in [1.54, 1.807) is 36.7 Å². The summed E-state index contributed by atoms with van der Waals surface area (Å²) in [7, 11) is 0. The molecule has 0 unspecified atom stereocenters. The number of aryl methyl sites for hydroxylation is 1. The molecule has 38 heavy (non-hydrogen) atoms. The van der Waals surface area contributed by atoms with Crippen LogP contribution in [-0.2, 0) is 6.18 Å². The number of carbonyl (C=O) groups is 1. The smallest absolute Gasteiger partial charge is 0.416 e. The van der Waals surface area contributed by atoms with Crippen LogP contribution >= 0.6 is 0 Å². The van der Waals surface area contributed by atoms with E-state index in [4.69, 9.17) is 10.2 Å². The number of nitrogens with zero attached hydrogens (tertiary/aromatic N) is 1. The number of hydrogen-bond donors (Lipinski definition) is 3. The lowest BCUT2D eigenvalue weighted by Crippen LogP contribution is -2.20. The molecule has 0 aliphatic rings. The van der Waals surface area contributed by atoms with E-state index in [2.05, 4.69) is 15.6 Å². The largest absolute Gasteiger partial charge is 0.463 e. The highest BCUT2D eigenvalue weighted by atomic mass is 19.4. The zero-order chi connectivity index (χ0) is 27.0. The molecule has 0 radical (unpaired) electrons. The van der Waals surface area contributed by atoms with E-state index in [1.807, 2.05) is 31.2 Å². The van der Waals surface area contributed by atoms with E-state index in [9.17, 15) is 22.4 Å². The molecule has 2 aromatic heterocycles. The molecule has 0 aliphatic heterocycles. The van der Waals surface area contributed by atoms with Gasteiger partial charge in [-0.25, -0.2) is 14.2 Å². The quantitative estimate of drug-likeness (QED) is 0.210. The van der Waals surface area contributed by atoms with Gasteiger partial charge in [0.05, 0.1) is 22.9 Å². The average molecular weight is 520 g/mol. The number of rotatable bonds is 4. The van der Waals surface area contributed by atoms with Gasteiger partial charge in [-0.2, -0.15) is 13.2 Å². The number of benzene rings is 3. The average Bonchev–Trinajstić information content (AvgIpc) is 3.31. The normalized spacial score (nSPS) is 11.5. The predicted molar refractivity (Wildman–Crippen MR) is 138 cm³/mol. The first-order chi connectivity index (χ1) is 18.1. The number of nitrogen functional groups attached to an aromatic ring is 1. The number of carbonyl (C=O) groups excluding carboxylic acids is 1. The lowest BCUT2D eigenvalue weighted by Gasteiger charge is -2.12. The molecule has 0 atom stereocenters. The molecule has 0 saturated heterocycles. The summed E-state index contributed by atoms with van der Waals surface area (Å²) in [5.74, 6) is -0.698. The Kier molecular flexibility index (Phi) is 6.23. The third-order valence-electron chi connectivity index (χ3n) is 5.95. The van der Waals surface area contributed by atoms with Crippen LogP contribution in [0, 0.1) is 12.7 Å². The Hall–Kier alpha value is -4.86. The first kappa shape index (κ1) is 24.8. The Morgan fingerprint density at radius 1 is 0.947 bits per heavy atom. The Morgan fingerprint density at radius 2 is 1.71 bits per heavy atom. The number of amides is 2. The second-order valence-corrected chi connectivity index (χ2v) is 8.63. The molecule has 6 nitrogen and oxygen atoms in total. The lowest BCUT2D eigenvalue weighted by molar-refractivity contribution is -0.137. The number of aromatic nitrogens is 1. The van der Waals surface area contributed by atoms with E-state index in [0.717, 1.165) is 22.3 Å². The van der Waals surface area contributed by atoms with Crippen LogP contribution in [0.3, 0.4) is 0 Å². The van der Waals surface area contributed by atoms with Crippen LogP contribution in [0.2, 0.25) is 0 Å². The fraction of sp³-hybridized carbons (Fsp3) is 0.0714. The van der Waals surface area contributed by atoms with Gasteiger partial charge in [-0.3, -0.25) is 0 Å². The van der Waals surface area contributed by atoms with Gasteiger partial charge in [0.25, 0.3) is 0 Å². The molecule has 4 N–H and O–H groups in total. The van der Waals surface area contributed by atoms with Crippen molar-refractivity contribution < 1.29 is 26.8 Å². The molecule has 3 aromatic carbocycles.